The van der Waals surface area contributed by atoms with Crippen LogP contribution in [0.25, 0.3) is 0 Å². The van der Waals surface area contributed by atoms with E-state index in [1.807, 2.05) is 6.92 Å². The molecule has 0 amide bonds. The highest BCUT2D eigenvalue weighted by Crippen LogP contribution is 2.44. The quantitative estimate of drug-likeness (QED) is 0.316. The highest BCUT2D eigenvalue weighted by molar-refractivity contribution is 5.52. The minimum absolute atomic E-state index is 0.115. The molecule has 194 valence electrons. The van der Waals surface area contributed by atoms with Crippen molar-refractivity contribution >= 4 is 5.69 Å². The second-order valence-corrected chi connectivity index (χ2v) is 8.12. The molecule has 3 rings (SSSR count). The normalized spacial score (nSPS) is 13.4. The Kier molecular flexibility index (Phi) is 7.82. The van der Waals surface area contributed by atoms with Gasteiger partial charge in [-0.05, 0) is 42.8 Å². The zero-order chi connectivity index (χ0) is 26.7. The summed E-state index contributed by atoms with van der Waals surface area (Å²) in [5, 5.41) is 9.65. The topological polar surface area (TPSA) is 32.7 Å². The van der Waals surface area contributed by atoms with Crippen molar-refractivity contribution in [3.8, 4) is 11.5 Å². The van der Waals surface area contributed by atoms with Gasteiger partial charge < -0.3 is 14.7 Å². The van der Waals surface area contributed by atoms with Gasteiger partial charge in [-0.3, -0.25) is 0 Å². The van der Waals surface area contributed by atoms with Gasteiger partial charge >= 0.3 is 18.3 Å². The lowest BCUT2D eigenvalue weighted by molar-refractivity contribution is -0.289. The van der Waals surface area contributed by atoms with Gasteiger partial charge in [-0.25, -0.2) is 0 Å². The molecular formula is C25H21F8NO2. The van der Waals surface area contributed by atoms with Crippen molar-refractivity contribution in [1.29, 1.82) is 0 Å². The number of halogens is 8. The van der Waals surface area contributed by atoms with E-state index in [1.54, 1.807) is 24.3 Å². The van der Waals surface area contributed by atoms with Crippen LogP contribution in [-0.4, -0.2) is 30.1 Å². The molecule has 0 fully saturated rings. The van der Waals surface area contributed by atoms with Crippen molar-refractivity contribution in [2.45, 2.75) is 37.8 Å². The Morgan fingerprint density at radius 2 is 1.44 bits per heavy atom. The SMILES string of the molecule is Cc1ccc(Oc2cccc(N(Cc3cccc(C(F)(F)C(F)(F)F)c3)CC(O)C(F)(F)F)c2)cc1. The number of hydrogen-bond acceptors (Lipinski definition) is 3. The fourth-order valence-electron chi connectivity index (χ4n) is 3.31. The number of ether oxygens (including phenoxy) is 1. The van der Waals surface area contributed by atoms with Gasteiger partial charge in [0, 0.05) is 23.9 Å². The van der Waals surface area contributed by atoms with Crippen molar-refractivity contribution in [1.82, 2.24) is 0 Å². The van der Waals surface area contributed by atoms with Crippen LogP contribution in [0.15, 0.2) is 72.8 Å². The third-order valence-electron chi connectivity index (χ3n) is 5.23. The second kappa shape index (κ2) is 10.3. The fraction of sp³-hybridized carbons (Fsp3) is 0.280. The second-order valence-electron chi connectivity index (χ2n) is 8.12. The number of alkyl halides is 8. The molecular weight excluding hydrogens is 498 g/mol. The third kappa shape index (κ3) is 6.66. The number of nitrogens with zero attached hydrogens (tertiary/aromatic N) is 1. The number of aliphatic hydroxyl groups excluding tert-OH is 1. The molecule has 0 saturated heterocycles. The van der Waals surface area contributed by atoms with Gasteiger partial charge in [0.05, 0.1) is 6.54 Å². The van der Waals surface area contributed by atoms with Crippen molar-refractivity contribution < 1.29 is 45.0 Å². The number of aryl methyl sites for hydroxylation is 1. The van der Waals surface area contributed by atoms with Gasteiger partial charge in [0.2, 0.25) is 0 Å². The Morgan fingerprint density at radius 1 is 0.806 bits per heavy atom. The summed E-state index contributed by atoms with van der Waals surface area (Å²) in [6.07, 6.45) is -13.6. The number of aliphatic hydroxyl groups is 1. The molecule has 3 aromatic carbocycles. The molecule has 0 aliphatic rings. The van der Waals surface area contributed by atoms with Crippen molar-refractivity contribution in [2.24, 2.45) is 0 Å². The van der Waals surface area contributed by atoms with E-state index in [0.717, 1.165) is 16.5 Å². The fourth-order valence-corrected chi connectivity index (χ4v) is 3.31. The van der Waals surface area contributed by atoms with Crippen LogP contribution in [0.3, 0.4) is 0 Å². The van der Waals surface area contributed by atoms with E-state index in [1.165, 1.54) is 30.3 Å². The molecule has 0 spiro atoms. The van der Waals surface area contributed by atoms with Crippen molar-refractivity contribution in [3.05, 3.63) is 89.5 Å². The largest absolute Gasteiger partial charge is 0.458 e. The van der Waals surface area contributed by atoms with Crippen LogP contribution in [0.2, 0.25) is 0 Å². The molecule has 1 unspecified atom stereocenters. The van der Waals surface area contributed by atoms with Crippen LogP contribution in [0.4, 0.5) is 40.8 Å². The van der Waals surface area contributed by atoms with E-state index < -0.39 is 43.0 Å². The lowest BCUT2D eigenvalue weighted by Crippen LogP contribution is -2.41. The minimum Gasteiger partial charge on any atom is -0.457 e. The summed E-state index contributed by atoms with van der Waals surface area (Å²) in [6, 6.07) is 16.0. The van der Waals surface area contributed by atoms with E-state index in [9.17, 15) is 40.2 Å². The Hall–Kier alpha value is -3.34. The third-order valence-corrected chi connectivity index (χ3v) is 5.23. The smallest absolute Gasteiger partial charge is 0.457 e. The van der Waals surface area contributed by atoms with E-state index >= 15 is 0 Å². The summed E-state index contributed by atoms with van der Waals surface area (Å²) in [5.74, 6) is -4.47. The molecule has 3 nitrogen and oxygen atoms in total. The van der Waals surface area contributed by atoms with E-state index in [4.69, 9.17) is 4.74 Å². The molecule has 1 N–H and O–H groups in total. The summed E-state index contributed by atoms with van der Waals surface area (Å²) in [6.45, 7) is 0.369. The van der Waals surface area contributed by atoms with Gasteiger partial charge in [0.25, 0.3) is 0 Å². The van der Waals surface area contributed by atoms with Crippen LogP contribution >= 0.6 is 0 Å². The Balaban J connectivity index is 1.93. The first-order chi connectivity index (χ1) is 16.7. The maximum absolute atomic E-state index is 13.8. The summed E-state index contributed by atoms with van der Waals surface area (Å²) >= 11 is 0. The predicted octanol–water partition coefficient (Wildman–Crippen LogP) is 7.37. The van der Waals surface area contributed by atoms with Crippen LogP contribution in [0.5, 0.6) is 11.5 Å². The Labute approximate surface area is 201 Å². The first-order valence-electron chi connectivity index (χ1n) is 10.5. The van der Waals surface area contributed by atoms with Gasteiger partial charge in [0.15, 0.2) is 6.10 Å². The molecule has 1 atom stereocenters. The Bertz CT molecular complexity index is 1160. The molecule has 11 heteroatoms. The number of benzene rings is 3. The van der Waals surface area contributed by atoms with Crippen molar-refractivity contribution in [2.75, 3.05) is 11.4 Å². The molecule has 3 aromatic rings. The summed E-state index contributed by atoms with van der Waals surface area (Å²) in [7, 11) is 0. The lowest BCUT2D eigenvalue weighted by atomic mass is 10.0. The maximum atomic E-state index is 13.8. The molecule has 0 aromatic heterocycles. The number of rotatable bonds is 8. The average Bonchev–Trinajstić information content (AvgIpc) is 2.79. The van der Waals surface area contributed by atoms with Gasteiger partial charge in [0.1, 0.15) is 11.5 Å². The minimum atomic E-state index is -5.85. The van der Waals surface area contributed by atoms with Gasteiger partial charge in [-0.15, -0.1) is 0 Å². The van der Waals surface area contributed by atoms with Crippen LogP contribution < -0.4 is 9.64 Å². The van der Waals surface area contributed by atoms with E-state index in [2.05, 4.69) is 0 Å². The van der Waals surface area contributed by atoms with Crippen LogP contribution in [-0.2, 0) is 12.5 Å². The Morgan fingerprint density at radius 3 is 2.06 bits per heavy atom. The highest BCUT2D eigenvalue weighted by atomic mass is 19.4. The molecule has 0 saturated carbocycles. The zero-order valence-electron chi connectivity index (χ0n) is 18.7. The molecule has 0 heterocycles. The van der Waals surface area contributed by atoms with Crippen LogP contribution in [0, 0.1) is 6.92 Å². The summed E-state index contributed by atoms with van der Waals surface area (Å²) in [4.78, 5) is 1.02. The molecule has 0 aliphatic carbocycles. The van der Waals surface area contributed by atoms with Gasteiger partial charge in [-0.2, -0.15) is 35.1 Å². The predicted molar refractivity (Wildman–Crippen MR) is 117 cm³/mol. The average molecular weight is 519 g/mol. The molecule has 0 radical (unpaired) electrons. The van der Waals surface area contributed by atoms with E-state index in [0.29, 0.717) is 17.9 Å². The number of anilines is 1. The van der Waals surface area contributed by atoms with Crippen LogP contribution in [0.1, 0.15) is 16.7 Å². The lowest BCUT2D eigenvalue weighted by Gasteiger charge is -2.29. The molecule has 36 heavy (non-hydrogen) atoms. The van der Waals surface area contributed by atoms with E-state index in [-0.39, 0.29) is 17.0 Å². The highest BCUT2D eigenvalue weighted by Gasteiger charge is 2.58. The molecule has 0 aliphatic heterocycles. The standard InChI is InChI=1S/C25H21F8NO2/c1-16-8-10-20(11-9-16)36-21-7-3-6-19(13-21)34(15-22(35)24(28,29)30)14-17-4-2-5-18(12-17)23(26,27)25(31,32)33/h2-13,22,35H,14-15H2,1H3. The number of hydrogen-bond donors (Lipinski definition) is 1. The monoisotopic (exact) mass is 519 g/mol. The van der Waals surface area contributed by atoms with Gasteiger partial charge in [-0.1, -0.05) is 42.0 Å². The molecule has 0 bridgehead atoms. The zero-order valence-corrected chi connectivity index (χ0v) is 18.7. The first kappa shape index (κ1) is 27.3. The summed E-state index contributed by atoms with van der Waals surface area (Å²) in [5.41, 5.74) is -0.367. The summed E-state index contributed by atoms with van der Waals surface area (Å²) < 4.78 is 111. The first-order valence-corrected chi connectivity index (χ1v) is 10.5. The van der Waals surface area contributed by atoms with Crippen molar-refractivity contribution in [3.63, 3.8) is 0 Å². The maximum Gasteiger partial charge on any atom is 0.458 e.